The number of hydrogen-bond acceptors (Lipinski definition) is 1. The molecule has 0 heterocycles. The molecule has 4 heteroatoms. The fourth-order valence-corrected chi connectivity index (χ4v) is 1.80. The first-order chi connectivity index (χ1) is 8.56. The third kappa shape index (κ3) is 3.07. The molecule has 2 aromatic rings. The molecule has 0 radical (unpaired) electrons. The maximum absolute atomic E-state index is 13.5. The third-order valence-corrected chi connectivity index (χ3v) is 3.05. The molecule has 1 nitrogen and oxygen atoms in total. The molecule has 2 rings (SSSR count). The molecule has 0 fully saturated rings. The van der Waals surface area contributed by atoms with Gasteiger partial charge in [0, 0.05) is 16.1 Å². The van der Waals surface area contributed by atoms with E-state index in [4.69, 9.17) is 4.74 Å². The van der Waals surface area contributed by atoms with Crippen LogP contribution in [0.25, 0.3) is 0 Å². The number of benzene rings is 2. The van der Waals surface area contributed by atoms with Crippen molar-refractivity contribution in [3.8, 4) is 5.75 Å². The van der Waals surface area contributed by atoms with Gasteiger partial charge in [0.05, 0.1) is 0 Å². The zero-order valence-electron chi connectivity index (χ0n) is 9.71. The summed E-state index contributed by atoms with van der Waals surface area (Å²) in [4.78, 5) is 0. The lowest BCUT2D eigenvalue weighted by Gasteiger charge is -2.08. The van der Waals surface area contributed by atoms with Crippen molar-refractivity contribution in [3.63, 3.8) is 0 Å². The second-order valence-electron chi connectivity index (χ2n) is 3.94. The van der Waals surface area contributed by atoms with Crippen LogP contribution in [0, 0.1) is 18.6 Å². The smallest absolute Gasteiger partial charge is 0.130 e. The number of ether oxygens (including phenoxy) is 1. The molecule has 0 bridgehead atoms. The topological polar surface area (TPSA) is 9.23 Å². The van der Waals surface area contributed by atoms with Crippen molar-refractivity contribution in [1.29, 1.82) is 0 Å². The molecular weight excluding hydrogens is 302 g/mol. The van der Waals surface area contributed by atoms with Crippen LogP contribution >= 0.6 is 15.9 Å². The van der Waals surface area contributed by atoms with E-state index in [2.05, 4.69) is 15.9 Å². The highest BCUT2D eigenvalue weighted by molar-refractivity contribution is 9.10. The summed E-state index contributed by atoms with van der Waals surface area (Å²) in [6, 6.07) is 9.32. The van der Waals surface area contributed by atoms with Gasteiger partial charge in [-0.1, -0.05) is 28.1 Å². The van der Waals surface area contributed by atoms with Crippen molar-refractivity contribution in [3.05, 3.63) is 63.6 Å². The molecule has 94 valence electrons. The van der Waals surface area contributed by atoms with Crippen LogP contribution < -0.4 is 4.74 Å². The summed E-state index contributed by atoms with van der Waals surface area (Å²) < 4.78 is 32.8. The predicted octanol–water partition coefficient (Wildman–Crippen LogP) is 4.61. The Bertz CT molecular complexity index is 570. The van der Waals surface area contributed by atoms with E-state index in [9.17, 15) is 8.78 Å². The lowest BCUT2D eigenvalue weighted by Crippen LogP contribution is -1.99. The molecule has 0 aliphatic carbocycles. The van der Waals surface area contributed by atoms with Crippen molar-refractivity contribution in [2.45, 2.75) is 13.5 Å². The molecule has 0 aliphatic rings. The van der Waals surface area contributed by atoms with Crippen molar-refractivity contribution >= 4 is 15.9 Å². The third-order valence-electron chi connectivity index (χ3n) is 2.55. The minimum absolute atomic E-state index is 0.0710. The molecule has 0 N–H and O–H groups in total. The van der Waals surface area contributed by atoms with Gasteiger partial charge in [-0.25, -0.2) is 8.78 Å². The Balaban J connectivity index is 2.09. The van der Waals surface area contributed by atoms with E-state index >= 15 is 0 Å². The highest BCUT2D eigenvalue weighted by Gasteiger charge is 2.05. The first kappa shape index (κ1) is 13.0. The molecule has 0 saturated heterocycles. The van der Waals surface area contributed by atoms with E-state index in [-0.39, 0.29) is 18.2 Å². The van der Waals surface area contributed by atoms with Crippen LogP contribution in [0.4, 0.5) is 8.78 Å². The summed E-state index contributed by atoms with van der Waals surface area (Å²) in [6.07, 6.45) is 0. The molecule has 18 heavy (non-hydrogen) atoms. The molecule has 2 aromatic carbocycles. The quantitative estimate of drug-likeness (QED) is 0.804. The van der Waals surface area contributed by atoms with Gasteiger partial charge in [0.1, 0.15) is 24.0 Å². The van der Waals surface area contributed by atoms with Gasteiger partial charge in [-0.15, -0.1) is 0 Å². The molecule has 0 amide bonds. The molecule has 0 unspecified atom stereocenters. The average molecular weight is 313 g/mol. The van der Waals surface area contributed by atoms with Gasteiger partial charge < -0.3 is 4.74 Å². The number of halogens is 3. The standard InChI is InChI=1S/C14H11BrF2O/c1-9-2-5-12(7-13(9)16)18-8-10-3-4-11(15)6-14(10)17/h2-7H,8H2,1H3. The zero-order chi connectivity index (χ0) is 13.1. The molecule has 0 atom stereocenters. The number of hydrogen-bond donors (Lipinski definition) is 0. The van der Waals surface area contributed by atoms with E-state index < -0.39 is 0 Å². The summed E-state index contributed by atoms with van der Waals surface area (Å²) in [5.41, 5.74) is 0.983. The van der Waals surface area contributed by atoms with E-state index in [0.717, 1.165) is 0 Å². The molecule has 0 saturated carbocycles. The van der Waals surface area contributed by atoms with Crippen molar-refractivity contribution in [2.75, 3.05) is 0 Å². The maximum Gasteiger partial charge on any atom is 0.130 e. The first-order valence-electron chi connectivity index (χ1n) is 5.39. The summed E-state index contributed by atoms with van der Waals surface area (Å²) in [5.74, 6) is -0.291. The van der Waals surface area contributed by atoms with Gasteiger partial charge in [0.25, 0.3) is 0 Å². The molecule has 0 aromatic heterocycles. The predicted molar refractivity (Wildman–Crippen MR) is 69.6 cm³/mol. The number of rotatable bonds is 3. The van der Waals surface area contributed by atoms with Crippen LogP contribution in [0.2, 0.25) is 0 Å². The second kappa shape index (κ2) is 5.48. The highest BCUT2D eigenvalue weighted by Crippen LogP contribution is 2.19. The van der Waals surface area contributed by atoms with E-state index in [0.29, 0.717) is 21.3 Å². The largest absolute Gasteiger partial charge is 0.489 e. The zero-order valence-corrected chi connectivity index (χ0v) is 11.3. The van der Waals surface area contributed by atoms with E-state index in [1.54, 1.807) is 31.2 Å². The van der Waals surface area contributed by atoms with Crippen molar-refractivity contribution in [2.24, 2.45) is 0 Å². The van der Waals surface area contributed by atoms with Crippen LogP contribution in [0.5, 0.6) is 5.75 Å². The minimum atomic E-state index is -0.350. The molecular formula is C14H11BrF2O. The van der Waals surface area contributed by atoms with Gasteiger partial charge in [0.15, 0.2) is 0 Å². The van der Waals surface area contributed by atoms with E-state index in [1.165, 1.54) is 12.1 Å². The maximum atomic E-state index is 13.5. The first-order valence-corrected chi connectivity index (χ1v) is 6.18. The molecule has 0 spiro atoms. The monoisotopic (exact) mass is 312 g/mol. The van der Waals surface area contributed by atoms with Gasteiger partial charge in [0.2, 0.25) is 0 Å². The highest BCUT2D eigenvalue weighted by atomic mass is 79.9. The molecule has 0 aliphatic heterocycles. The average Bonchev–Trinajstić information content (AvgIpc) is 2.32. The Morgan fingerprint density at radius 1 is 1.06 bits per heavy atom. The normalized spacial score (nSPS) is 10.4. The summed E-state index contributed by atoms with van der Waals surface area (Å²) >= 11 is 3.18. The minimum Gasteiger partial charge on any atom is -0.489 e. The summed E-state index contributed by atoms with van der Waals surface area (Å²) in [5, 5.41) is 0. The van der Waals surface area contributed by atoms with Crippen molar-refractivity contribution < 1.29 is 13.5 Å². The fraction of sp³-hybridized carbons (Fsp3) is 0.143. The SMILES string of the molecule is Cc1ccc(OCc2ccc(Br)cc2F)cc1F. The Kier molecular flexibility index (Phi) is 3.97. The lowest BCUT2D eigenvalue weighted by atomic mass is 10.2. The lowest BCUT2D eigenvalue weighted by molar-refractivity contribution is 0.298. The fourth-order valence-electron chi connectivity index (χ4n) is 1.46. The van der Waals surface area contributed by atoms with Gasteiger partial charge >= 0.3 is 0 Å². The van der Waals surface area contributed by atoms with Crippen LogP contribution in [0.3, 0.4) is 0 Å². The Morgan fingerprint density at radius 3 is 2.50 bits per heavy atom. The van der Waals surface area contributed by atoms with Crippen LogP contribution in [-0.2, 0) is 6.61 Å². The summed E-state index contributed by atoms with van der Waals surface area (Å²) in [7, 11) is 0. The van der Waals surface area contributed by atoms with Crippen molar-refractivity contribution in [1.82, 2.24) is 0 Å². The van der Waals surface area contributed by atoms with Gasteiger partial charge in [-0.3, -0.25) is 0 Å². The van der Waals surface area contributed by atoms with Crippen LogP contribution in [0.1, 0.15) is 11.1 Å². The number of aryl methyl sites for hydroxylation is 1. The van der Waals surface area contributed by atoms with Gasteiger partial charge in [-0.2, -0.15) is 0 Å². The summed E-state index contributed by atoms with van der Waals surface area (Å²) in [6.45, 7) is 1.75. The second-order valence-corrected chi connectivity index (χ2v) is 4.85. The Morgan fingerprint density at radius 2 is 1.83 bits per heavy atom. The Hall–Kier alpha value is -1.42. The van der Waals surface area contributed by atoms with Crippen LogP contribution in [0.15, 0.2) is 40.9 Å². The van der Waals surface area contributed by atoms with E-state index in [1.807, 2.05) is 0 Å². The van der Waals surface area contributed by atoms with Crippen LogP contribution in [-0.4, -0.2) is 0 Å². The van der Waals surface area contributed by atoms with Gasteiger partial charge in [-0.05, 0) is 30.7 Å². The Labute approximate surface area is 113 Å².